The minimum Gasteiger partial charge on any atom is -0.399 e. The van der Waals surface area contributed by atoms with Gasteiger partial charge in [-0.05, 0) is 17.7 Å². The maximum Gasteiger partial charge on any atom is 0.360 e. The second kappa shape index (κ2) is 4.20. The van der Waals surface area contributed by atoms with E-state index >= 15 is 0 Å². The van der Waals surface area contributed by atoms with Crippen LogP contribution in [0.4, 0.5) is 5.69 Å². The van der Waals surface area contributed by atoms with Crippen LogP contribution in [0.3, 0.4) is 0 Å². The summed E-state index contributed by atoms with van der Waals surface area (Å²) in [5.74, 6) is 0. The van der Waals surface area contributed by atoms with Gasteiger partial charge in [0.25, 0.3) is 0 Å². The molecule has 0 fully saturated rings. The first kappa shape index (κ1) is 12.6. The first-order valence-corrected chi connectivity index (χ1v) is 6.33. The van der Waals surface area contributed by atoms with Crippen LogP contribution in [0.15, 0.2) is 24.3 Å². The van der Waals surface area contributed by atoms with Crippen molar-refractivity contribution in [1.82, 2.24) is 0 Å². The van der Waals surface area contributed by atoms with Gasteiger partial charge in [0.05, 0.1) is 0 Å². The lowest BCUT2D eigenvalue weighted by Crippen LogP contribution is -2.23. The molecule has 1 rings (SSSR count). The summed E-state index contributed by atoms with van der Waals surface area (Å²) in [6.45, 7) is 0. The van der Waals surface area contributed by atoms with Gasteiger partial charge in [0.1, 0.15) is 0 Å². The van der Waals surface area contributed by atoms with Gasteiger partial charge in [0.15, 0.2) is 5.08 Å². The van der Waals surface area contributed by atoms with Crippen LogP contribution >= 0.6 is 16.8 Å². The highest BCUT2D eigenvalue weighted by molar-refractivity contribution is 7.61. The van der Waals surface area contributed by atoms with Gasteiger partial charge in [0.2, 0.25) is 0 Å². The van der Waals surface area contributed by atoms with Crippen LogP contribution in [-0.2, 0) is 11.0 Å². The van der Waals surface area contributed by atoms with Crippen molar-refractivity contribution in [2.75, 3.05) is 5.73 Å². The Hall–Kier alpha value is -0.440. The third-order valence-electron chi connectivity index (χ3n) is 1.95. The average Bonchev–Trinajstić information content (AvgIpc) is 2.06. The Morgan fingerprint density at radius 3 is 2.20 bits per heavy atom. The summed E-state index contributed by atoms with van der Waals surface area (Å²) >= 11 is 0. The van der Waals surface area contributed by atoms with Crippen molar-refractivity contribution < 1.29 is 19.5 Å². The SMILES string of the molecule is Nc1ccc(CC(O)(P)P(=O)(O)O)cc1. The molecule has 0 radical (unpaired) electrons. The van der Waals surface area contributed by atoms with Gasteiger partial charge < -0.3 is 20.6 Å². The maximum absolute atomic E-state index is 10.9. The largest absolute Gasteiger partial charge is 0.399 e. The molecule has 0 amide bonds. The van der Waals surface area contributed by atoms with Crippen LogP contribution in [0.25, 0.3) is 0 Å². The quantitative estimate of drug-likeness (QED) is 0.461. The fourth-order valence-corrected chi connectivity index (χ4v) is 1.66. The van der Waals surface area contributed by atoms with Gasteiger partial charge in [-0.2, -0.15) is 0 Å². The fraction of sp³-hybridized carbons (Fsp3) is 0.250. The summed E-state index contributed by atoms with van der Waals surface area (Å²) in [5.41, 5.74) is 6.61. The molecule has 0 aliphatic carbocycles. The third kappa shape index (κ3) is 3.26. The highest BCUT2D eigenvalue weighted by atomic mass is 31.2. The van der Waals surface area contributed by atoms with Crippen LogP contribution in [0.2, 0.25) is 0 Å². The van der Waals surface area contributed by atoms with E-state index in [1.165, 1.54) is 0 Å². The Morgan fingerprint density at radius 1 is 1.33 bits per heavy atom. The molecule has 0 aromatic heterocycles. The lowest BCUT2D eigenvalue weighted by Gasteiger charge is -2.24. The summed E-state index contributed by atoms with van der Waals surface area (Å²) in [6.07, 6.45) is -0.151. The molecule has 1 aromatic carbocycles. The number of hydrogen-bond donors (Lipinski definition) is 4. The molecule has 84 valence electrons. The van der Waals surface area contributed by atoms with Gasteiger partial charge in [0, 0.05) is 12.1 Å². The maximum atomic E-state index is 10.9. The van der Waals surface area contributed by atoms with Gasteiger partial charge in [-0.1, -0.05) is 21.4 Å². The Labute approximate surface area is 89.7 Å². The van der Waals surface area contributed by atoms with E-state index in [1.807, 2.05) is 0 Å². The van der Waals surface area contributed by atoms with Crippen molar-refractivity contribution >= 4 is 22.5 Å². The average molecular weight is 249 g/mol. The molecule has 15 heavy (non-hydrogen) atoms. The molecular formula is C8H13NO4P2. The monoisotopic (exact) mass is 249 g/mol. The summed E-state index contributed by atoms with van der Waals surface area (Å²) in [7, 11) is -2.78. The number of hydrogen-bond acceptors (Lipinski definition) is 3. The Bertz CT molecular complexity index is 384. The van der Waals surface area contributed by atoms with E-state index in [4.69, 9.17) is 15.5 Å². The lowest BCUT2D eigenvalue weighted by molar-refractivity contribution is 0.172. The minimum absolute atomic E-state index is 0.151. The smallest absolute Gasteiger partial charge is 0.360 e. The summed E-state index contributed by atoms with van der Waals surface area (Å²) in [4.78, 5) is 17.8. The molecule has 7 heteroatoms. The fourth-order valence-electron chi connectivity index (χ4n) is 1.04. The minimum atomic E-state index is -4.56. The van der Waals surface area contributed by atoms with Crippen LogP contribution in [0, 0.1) is 0 Å². The first-order chi connectivity index (χ1) is 6.72. The Morgan fingerprint density at radius 2 is 1.80 bits per heavy atom. The third-order valence-corrected chi connectivity index (χ3v) is 4.33. The van der Waals surface area contributed by atoms with Gasteiger partial charge in [-0.25, -0.2) is 0 Å². The molecular weight excluding hydrogens is 236 g/mol. The van der Waals surface area contributed by atoms with E-state index in [9.17, 15) is 9.67 Å². The van der Waals surface area contributed by atoms with Gasteiger partial charge in [-0.3, -0.25) is 4.57 Å². The van der Waals surface area contributed by atoms with E-state index < -0.39 is 12.7 Å². The van der Waals surface area contributed by atoms with Crippen LogP contribution in [-0.4, -0.2) is 20.0 Å². The van der Waals surface area contributed by atoms with Crippen LogP contribution in [0.1, 0.15) is 5.56 Å². The predicted octanol–water partition coefficient (Wildman–Crippen LogP) is 0.510. The standard InChI is InChI=1S/C8H13NO4P2/c9-7-3-1-6(2-4-7)5-8(10,14)15(11,12)13/h1-4,10H,5,9,14H2,(H2,11,12,13). The summed E-state index contributed by atoms with van der Waals surface area (Å²) in [6, 6.07) is 6.44. The zero-order valence-electron chi connectivity index (χ0n) is 7.87. The molecule has 0 aliphatic rings. The topological polar surface area (TPSA) is 104 Å². The number of nitrogens with two attached hydrogens (primary N) is 1. The second-order valence-corrected chi connectivity index (χ2v) is 6.64. The molecule has 5 nitrogen and oxygen atoms in total. The van der Waals surface area contributed by atoms with Crippen LogP contribution < -0.4 is 5.73 Å². The highest BCUT2D eigenvalue weighted by Crippen LogP contribution is 2.54. The number of benzene rings is 1. The molecule has 0 aliphatic heterocycles. The lowest BCUT2D eigenvalue weighted by atomic mass is 10.1. The first-order valence-electron chi connectivity index (χ1n) is 4.14. The predicted molar refractivity (Wildman–Crippen MR) is 61.3 cm³/mol. The molecule has 2 atom stereocenters. The molecule has 5 N–H and O–H groups in total. The number of anilines is 1. The van der Waals surface area contributed by atoms with Crippen molar-refractivity contribution in [1.29, 1.82) is 0 Å². The van der Waals surface area contributed by atoms with E-state index in [0.717, 1.165) is 0 Å². The van der Waals surface area contributed by atoms with Gasteiger partial charge >= 0.3 is 7.60 Å². The summed E-state index contributed by atoms with van der Waals surface area (Å²) < 4.78 is 10.9. The number of aliphatic hydroxyl groups is 1. The van der Waals surface area contributed by atoms with E-state index in [2.05, 4.69) is 0 Å². The molecule has 2 unspecified atom stereocenters. The van der Waals surface area contributed by atoms with Gasteiger partial charge in [-0.15, -0.1) is 0 Å². The van der Waals surface area contributed by atoms with Crippen molar-refractivity contribution in [2.45, 2.75) is 11.5 Å². The highest BCUT2D eigenvalue weighted by Gasteiger charge is 2.40. The molecule has 0 bridgehead atoms. The summed E-state index contributed by atoms with van der Waals surface area (Å²) in [5, 5.41) is 7.42. The molecule has 0 saturated carbocycles. The second-order valence-electron chi connectivity index (χ2n) is 3.34. The normalized spacial score (nSPS) is 16.0. The molecule has 0 spiro atoms. The Balaban J connectivity index is 2.87. The van der Waals surface area contributed by atoms with Crippen molar-refractivity contribution in [2.24, 2.45) is 0 Å². The van der Waals surface area contributed by atoms with Crippen molar-refractivity contribution in [3.63, 3.8) is 0 Å². The number of nitrogen functional groups attached to an aromatic ring is 1. The van der Waals surface area contributed by atoms with Crippen molar-refractivity contribution in [3.8, 4) is 0 Å². The van der Waals surface area contributed by atoms with Crippen LogP contribution in [0.5, 0.6) is 0 Å². The Kier molecular flexibility index (Phi) is 3.54. The van der Waals surface area contributed by atoms with E-state index in [1.54, 1.807) is 33.5 Å². The molecule has 0 saturated heterocycles. The van der Waals surface area contributed by atoms with Crippen molar-refractivity contribution in [3.05, 3.63) is 29.8 Å². The zero-order valence-corrected chi connectivity index (χ0v) is 9.92. The van der Waals surface area contributed by atoms with E-state index in [-0.39, 0.29) is 6.42 Å². The molecule has 0 heterocycles. The van der Waals surface area contributed by atoms with E-state index in [0.29, 0.717) is 11.3 Å². The number of rotatable bonds is 3. The zero-order chi connectivity index (χ0) is 11.7. The molecule has 1 aromatic rings.